The van der Waals surface area contributed by atoms with Gasteiger partial charge in [0.25, 0.3) is 11.8 Å². The number of carboxylic acid groups (broad SMARTS) is 1. The molecule has 0 radical (unpaired) electrons. The number of halogens is 2. The van der Waals surface area contributed by atoms with E-state index in [1.165, 1.54) is 41.9 Å². The summed E-state index contributed by atoms with van der Waals surface area (Å²) in [4.78, 5) is 52.0. The zero-order valence-electron chi connectivity index (χ0n) is 31.2. The lowest BCUT2D eigenvalue weighted by atomic mass is 10.1. The molecule has 0 unspecified atom stereocenters. The number of carbonyl (C=O) groups is 4. The van der Waals surface area contributed by atoms with Crippen molar-refractivity contribution in [2.75, 3.05) is 30.0 Å². The van der Waals surface area contributed by atoms with Crippen LogP contribution in [-0.4, -0.2) is 69.5 Å². The van der Waals surface area contributed by atoms with Crippen molar-refractivity contribution in [3.05, 3.63) is 129 Å². The van der Waals surface area contributed by atoms with Crippen molar-refractivity contribution in [3.8, 4) is 21.1 Å². The predicted octanol–water partition coefficient (Wildman–Crippen LogP) is 10.1. The summed E-state index contributed by atoms with van der Waals surface area (Å²) in [6, 6.07) is 27.2. The van der Waals surface area contributed by atoms with Gasteiger partial charge in [0.2, 0.25) is 10.3 Å². The lowest BCUT2D eigenvalue weighted by Gasteiger charge is -2.19. The number of aromatic nitrogens is 4. The van der Waals surface area contributed by atoms with Gasteiger partial charge < -0.3 is 9.84 Å². The fourth-order valence-corrected chi connectivity index (χ4v) is 7.45. The normalized spacial score (nSPS) is 10.6. The van der Waals surface area contributed by atoms with E-state index in [1.807, 2.05) is 6.92 Å². The number of hydrogen-bond acceptors (Lipinski definition) is 11. The van der Waals surface area contributed by atoms with E-state index in [4.69, 9.17) is 33.0 Å². The number of carbonyl (C=O) groups excluding carboxylic acids is 3. The first-order chi connectivity index (χ1) is 27.6. The monoisotopic (exact) mass is 844 g/mol. The van der Waals surface area contributed by atoms with Crippen molar-refractivity contribution >= 4 is 79.9 Å². The van der Waals surface area contributed by atoms with Gasteiger partial charge in [0.1, 0.15) is 10.0 Å². The van der Waals surface area contributed by atoms with Gasteiger partial charge in [-0.05, 0) is 61.4 Å². The Kier molecular flexibility index (Phi) is 15.4. The van der Waals surface area contributed by atoms with Crippen LogP contribution in [0.3, 0.4) is 0 Å². The number of nitrogens with zero attached hydrogens (tertiary/aromatic N) is 6. The maximum Gasteiger partial charge on any atom is 0.337 e. The summed E-state index contributed by atoms with van der Waals surface area (Å²) < 4.78 is 4.71. The zero-order valence-corrected chi connectivity index (χ0v) is 34.4. The number of benzene rings is 4. The molecule has 0 saturated carbocycles. The largest absolute Gasteiger partial charge is 0.478 e. The summed E-state index contributed by atoms with van der Waals surface area (Å²) in [5.41, 5.74) is 3.06. The third kappa shape index (κ3) is 10.9. The molecule has 6 rings (SSSR count). The van der Waals surface area contributed by atoms with E-state index in [-0.39, 0.29) is 17.4 Å². The molecule has 0 fully saturated rings. The van der Waals surface area contributed by atoms with E-state index in [0.717, 1.165) is 36.8 Å². The highest BCUT2D eigenvalue weighted by Crippen LogP contribution is 2.32. The van der Waals surface area contributed by atoms with Gasteiger partial charge in [-0.1, -0.05) is 121 Å². The molecule has 0 aliphatic carbocycles. The number of methoxy groups -OCH3 is 1. The van der Waals surface area contributed by atoms with Crippen molar-refractivity contribution in [3.63, 3.8) is 0 Å². The predicted molar refractivity (Wildman–Crippen MR) is 225 cm³/mol. The zero-order chi connectivity index (χ0) is 40.9. The first kappa shape index (κ1) is 42.6. The third-order valence-electron chi connectivity index (χ3n) is 8.39. The molecule has 0 saturated heterocycles. The highest BCUT2D eigenvalue weighted by Gasteiger charge is 2.25. The summed E-state index contributed by atoms with van der Waals surface area (Å²) >= 11 is 15.0. The van der Waals surface area contributed by atoms with Gasteiger partial charge in [0.15, 0.2) is 0 Å². The maximum absolute atomic E-state index is 13.1. The number of hydrogen-bond donors (Lipinski definition) is 1. The Labute approximate surface area is 347 Å². The maximum atomic E-state index is 13.1. The van der Waals surface area contributed by atoms with Crippen LogP contribution in [0.25, 0.3) is 21.1 Å². The molecule has 57 heavy (non-hydrogen) atoms. The minimum absolute atomic E-state index is 0.201. The first-order valence-electron chi connectivity index (χ1n) is 17.9. The minimum atomic E-state index is -0.986. The van der Waals surface area contributed by atoms with Gasteiger partial charge in [-0.2, -0.15) is 0 Å². The number of aromatic carboxylic acids is 1. The molecule has 0 aliphatic rings. The summed E-state index contributed by atoms with van der Waals surface area (Å²) in [6.07, 6.45) is 3.51. The van der Waals surface area contributed by atoms with Crippen molar-refractivity contribution in [1.29, 1.82) is 0 Å². The molecular formula is C41H38Cl2N6O6S2. The van der Waals surface area contributed by atoms with Crippen molar-refractivity contribution < 1.29 is 29.0 Å². The molecule has 294 valence electrons. The van der Waals surface area contributed by atoms with E-state index in [2.05, 4.69) is 27.3 Å². The second kappa shape index (κ2) is 20.6. The Morgan fingerprint density at radius 3 is 1.39 bits per heavy atom. The molecule has 1 N–H and O–H groups in total. The van der Waals surface area contributed by atoms with E-state index in [0.29, 0.717) is 60.1 Å². The molecule has 2 heterocycles. The molecule has 0 spiro atoms. The lowest BCUT2D eigenvalue weighted by Crippen LogP contribution is -2.32. The average molecular weight is 846 g/mol. The van der Waals surface area contributed by atoms with Gasteiger partial charge in [-0.15, -0.1) is 20.4 Å². The molecule has 2 amide bonds. The fraction of sp³-hybridized carbons (Fsp3) is 0.220. The van der Waals surface area contributed by atoms with Gasteiger partial charge >= 0.3 is 11.9 Å². The number of rotatable bonds is 14. The van der Waals surface area contributed by atoms with Crippen molar-refractivity contribution in [1.82, 2.24) is 20.4 Å². The topological polar surface area (TPSA) is 156 Å². The molecule has 0 atom stereocenters. The molecule has 0 bridgehead atoms. The number of unbranched alkanes of at least 4 members (excludes halogenated alkanes) is 2. The van der Waals surface area contributed by atoms with Gasteiger partial charge in [0.05, 0.1) is 39.4 Å². The summed E-state index contributed by atoms with van der Waals surface area (Å²) in [5, 5.41) is 28.9. The number of anilines is 2. The third-order valence-corrected chi connectivity index (χ3v) is 11.0. The first-order valence-corrected chi connectivity index (χ1v) is 20.3. The second-order valence-electron chi connectivity index (χ2n) is 12.3. The van der Waals surface area contributed by atoms with E-state index in [1.54, 1.807) is 94.7 Å². The molecule has 0 aliphatic heterocycles. The molecule has 12 nitrogen and oxygen atoms in total. The quantitative estimate of drug-likeness (QED) is 0.105. The Balaban J connectivity index is 0.000000218. The van der Waals surface area contributed by atoms with Crippen LogP contribution in [0, 0.1) is 0 Å². The van der Waals surface area contributed by atoms with Crippen LogP contribution in [0.5, 0.6) is 0 Å². The molecule has 4 aromatic carbocycles. The van der Waals surface area contributed by atoms with E-state index in [9.17, 15) is 19.2 Å². The van der Waals surface area contributed by atoms with Crippen LogP contribution in [0.4, 0.5) is 10.3 Å². The van der Waals surface area contributed by atoms with Crippen LogP contribution < -0.4 is 9.80 Å². The molecule has 16 heteroatoms. The second-order valence-corrected chi connectivity index (χ2v) is 15.0. The highest BCUT2D eigenvalue weighted by molar-refractivity contribution is 7.19. The SMILES string of the molecule is CCCCN(C(=O)c1ccccc1Cl)c1nnc(-c2ccc(C(=O)O)cc2)s1.CCCCN(C(=O)c1ccccc1Cl)c1nnc(-c2ccc(C(=O)OC)cc2)s1. The summed E-state index contributed by atoms with van der Waals surface area (Å²) in [6.45, 7) is 5.14. The number of amides is 2. The molecule has 2 aromatic heterocycles. The molecule has 6 aromatic rings. The number of carboxylic acids is 1. The minimum Gasteiger partial charge on any atom is -0.478 e. The van der Waals surface area contributed by atoms with E-state index < -0.39 is 11.9 Å². The van der Waals surface area contributed by atoms with Gasteiger partial charge in [-0.3, -0.25) is 19.4 Å². The Morgan fingerprint density at radius 2 is 1.02 bits per heavy atom. The van der Waals surface area contributed by atoms with Crippen molar-refractivity contribution in [2.24, 2.45) is 0 Å². The number of ether oxygens (including phenoxy) is 1. The number of esters is 1. The highest BCUT2D eigenvalue weighted by atomic mass is 35.5. The van der Waals surface area contributed by atoms with Crippen LogP contribution in [0.2, 0.25) is 10.0 Å². The van der Waals surface area contributed by atoms with Crippen molar-refractivity contribution in [2.45, 2.75) is 39.5 Å². The van der Waals surface area contributed by atoms with Crippen LogP contribution >= 0.6 is 45.9 Å². The summed E-state index contributed by atoms with van der Waals surface area (Å²) in [7, 11) is 1.34. The Hall–Kier alpha value is -5.54. The molecular weight excluding hydrogens is 808 g/mol. The Morgan fingerprint density at radius 1 is 0.614 bits per heavy atom. The Bertz CT molecular complexity index is 2320. The van der Waals surface area contributed by atoms with Gasteiger partial charge in [0, 0.05) is 24.2 Å². The average Bonchev–Trinajstić information content (AvgIpc) is 3.93. The fourth-order valence-electron chi connectivity index (χ4n) is 5.27. The summed E-state index contributed by atoms with van der Waals surface area (Å²) in [5.74, 6) is -1.80. The van der Waals surface area contributed by atoms with Crippen LogP contribution in [0.15, 0.2) is 97.1 Å². The van der Waals surface area contributed by atoms with E-state index >= 15 is 0 Å². The smallest absolute Gasteiger partial charge is 0.337 e. The van der Waals surface area contributed by atoms with Gasteiger partial charge in [-0.25, -0.2) is 9.59 Å². The van der Waals surface area contributed by atoms with Crippen LogP contribution in [-0.2, 0) is 4.74 Å². The van der Waals surface area contributed by atoms with Crippen LogP contribution in [0.1, 0.15) is 81.0 Å². The lowest BCUT2D eigenvalue weighted by molar-refractivity contribution is 0.0599. The standard InChI is InChI=1S/C21H20ClN3O3S.C20H18ClN3O3S/c1-3-4-13-25(19(26)16-7-5-6-8-17(16)22)21-24-23-18(29-21)14-9-11-15(12-10-14)20(27)28-2;1-2-3-12-24(18(25)15-6-4-5-7-16(15)21)20-23-22-17(28-20)13-8-10-14(11-9-13)19(26)27/h5-12H,3-4,13H2,1-2H3;4-11H,2-3,12H2,1H3,(H,26,27).